The lowest BCUT2D eigenvalue weighted by molar-refractivity contribution is 0.232. The zero-order valence-corrected chi connectivity index (χ0v) is 7.81. The summed E-state index contributed by atoms with van der Waals surface area (Å²) < 4.78 is 0. The standard InChI is InChI=1S/C9H14N2S/c10-11-9(7-2-1-3-7)8-4-5-12-6-8/h4-7,9,11H,1-3,10H2. The van der Waals surface area contributed by atoms with Gasteiger partial charge in [-0.05, 0) is 41.1 Å². The minimum atomic E-state index is 0.394. The van der Waals surface area contributed by atoms with Gasteiger partial charge in [-0.3, -0.25) is 11.3 Å². The van der Waals surface area contributed by atoms with Crippen LogP contribution in [0.3, 0.4) is 0 Å². The second-order valence-electron chi connectivity index (χ2n) is 3.39. The molecule has 1 unspecified atom stereocenters. The quantitative estimate of drug-likeness (QED) is 0.554. The molecule has 0 amide bonds. The molecule has 1 atom stereocenters. The van der Waals surface area contributed by atoms with Gasteiger partial charge in [0.1, 0.15) is 0 Å². The van der Waals surface area contributed by atoms with Gasteiger partial charge in [0.15, 0.2) is 0 Å². The molecule has 66 valence electrons. The van der Waals surface area contributed by atoms with Crippen molar-refractivity contribution < 1.29 is 0 Å². The second-order valence-corrected chi connectivity index (χ2v) is 4.17. The Hall–Kier alpha value is -0.380. The molecule has 12 heavy (non-hydrogen) atoms. The third-order valence-corrected chi connectivity index (χ3v) is 3.40. The molecule has 1 fully saturated rings. The van der Waals surface area contributed by atoms with Gasteiger partial charge in [0.05, 0.1) is 0 Å². The number of nitrogens with one attached hydrogen (secondary N) is 1. The largest absolute Gasteiger partial charge is 0.271 e. The van der Waals surface area contributed by atoms with E-state index in [1.165, 1.54) is 24.8 Å². The Balaban J connectivity index is 2.07. The predicted octanol–water partition coefficient (Wildman–Crippen LogP) is 2.05. The van der Waals surface area contributed by atoms with Crippen LogP contribution >= 0.6 is 11.3 Å². The van der Waals surface area contributed by atoms with Gasteiger partial charge >= 0.3 is 0 Å². The van der Waals surface area contributed by atoms with Crippen molar-refractivity contribution in [3.8, 4) is 0 Å². The van der Waals surface area contributed by atoms with Crippen molar-refractivity contribution in [3.05, 3.63) is 22.4 Å². The Kier molecular flexibility index (Phi) is 2.44. The number of hydrogen-bond acceptors (Lipinski definition) is 3. The van der Waals surface area contributed by atoms with Gasteiger partial charge in [0, 0.05) is 6.04 Å². The van der Waals surface area contributed by atoms with E-state index in [4.69, 9.17) is 5.84 Å². The van der Waals surface area contributed by atoms with E-state index in [0.717, 1.165) is 5.92 Å². The highest BCUT2D eigenvalue weighted by Crippen LogP contribution is 2.37. The van der Waals surface area contributed by atoms with Crippen LogP contribution in [0, 0.1) is 5.92 Å². The molecule has 1 aromatic heterocycles. The third-order valence-electron chi connectivity index (χ3n) is 2.70. The highest BCUT2D eigenvalue weighted by Gasteiger charge is 2.27. The fourth-order valence-corrected chi connectivity index (χ4v) is 2.43. The smallest absolute Gasteiger partial charge is 0.0496 e. The summed E-state index contributed by atoms with van der Waals surface area (Å²) in [5.74, 6) is 6.30. The van der Waals surface area contributed by atoms with E-state index in [0.29, 0.717) is 6.04 Å². The molecule has 2 rings (SSSR count). The van der Waals surface area contributed by atoms with Crippen LogP contribution in [0.25, 0.3) is 0 Å². The first kappa shape index (κ1) is 8.23. The van der Waals surface area contributed by atoms with Gasteiger partial charge < -0.3 is 0 Å². The maximum atomic E-state index is 5.53. The molecule has 1 saturated carbocycles. The Morgan fingerprint density at radius 3 is 2.83 bits per heavy atom. The van der Waals surface area contributed by atoms with Crippen LogP contribution in [0.1, 0.15) is 30.9 Å². The average Bonchev–Trinajstić information content (AvgIpc) is 2.47. The molecule has 1 heterocycles. The van der Waals surface area contributed by atoms with Crippen LogP contribution in [0.15, 0.2) is 16.8 Å². The van der Waals surface area contributed by atoms with E-state index in [9.17, 15) is 0 Å². The maximum absolute atomic E-state index is 5.53. The summed E-state index contributed by atoms with van der Waals surface area (Å²) in [6, 6.07) is 2.55. The van der Waals surface area contributed by atoms with Gasteiger partial charge in [-0.1, -0.05) is 6.42 Å². The molecule has 0 bridgehead atoms. The monoisotopic (exact) mass is 182 g/mol. The summed E-state index contributed by atoms with van der Waals surface area (Å²) >= 11 is 1.74. The number of thiophene rings is 1. The van der Waals surface area contributed by atoms with E-state index in [1.54, 1.807) is 11.3 Å². The molecular weight excluding hydrogens is 168 g/mol. The minimum Gasteiger partial charge on any atom is -0.271 e. The van der Waals surface area contributed by atoms with E-state index >= 15 is 0 Å². The molecule has 1 aromatic rings. The Morgan fingerprint density at radius 1 is 1.58 bits per heavy atom. The molecule has 2 nitrogen and oxygen atoms in total. The van der Waals surface area contributed by atoms with Crippen LogP contribution < -0.4 is 11.3 Å². The lowest BCUT2D eigenvalue weighted by atomic mass is 9.78. The van der Waals surface area contributed by atoms with Crippen molar-refractivity contribution in [2.24, 2.45) is 11.8 Å². The topological polar surface area (TPSA) is 38.0 Å². The van der Waals surface area contributed by atoms with Gasteiger partial charge in [-0.25, -0.2) is 0 Å². The minimum absolute atomic E-state index is 0.394. The zero-order valence-electron chi connectivity index (χ0n) is 6.99. The summed E-state index contributed by atoms with van der Waals surface area (Å²) in [6.07, 6.45) is 4.02. The summed E-state index contributed by atoms with van der Waals surface area (Å²) in [5.41, 5.74) is 4.27. The van der Waals surface area contributed by atoms with Crippen LogP contribution in [-0.2, 0) is 0 Å². The number of hydrogen-bond donors (Lipinski definition) is 2. The van der Waals surface area contributed by atoms with Crippen molar-refractivity contribution in [1.82, 2.24) is 5.43 Å². The van der Waals surface area contributed by atoms with Crippen LogP contribution in [-0.4, -0.2) is 0 Å². The summed E-state index contributed by atoms with van der Waals surface area (Å²) in [6.45, 7) is 0. The summed E-state index contributed by atoms with van der Waals surface area (Å²) in [5, 5.41) is 4.29. The van der Waals surface area contributed by atoms with E-state index in [-0.39, 0.29) is 0 Å². The molecule has 3 N–H and O–H groups in total. The lowest BCUT2D eigenvalue weighted by Crippen LogP contribution is -2.36. The summed E-state index contributed by atoms with van der Waals surface area (Å²) in [4.78, 5) is 0. The average molecular weight is 182 g/mol. The van der Waals surface area contributed by atoms with Crippen LogP contribution in [0.4, 0.5) is 0 Å². The molecule has 1 aliphatic carbocycles. The highest BCUT2D eigenvalue weighted by molar-refractivity contribution is 7.07. The lowest BCUT2D eigenvalue weighted by Gasteiger charge is -2.32. The summed E-state index contributed by atoms with van der Waals surface area (Å²) in [7, 11) is 0. The highest BCUT2D eigenvalue weighted by atomic mass is 32.1. The fourth-order valence-electron chi connectivity index (χ4n) is 1.73. The van der Waals surface area contributed by atoms with E-state index in [2.05, 4.69) is 22.3 Å². The normalized spacial score (nSPS) is 20.4. The molecule has 0 saturated heterocycles. The van der Waals surface area contributed by atoms with Crippen molar-refractivity contribution in [2.45, 2.75) is 25.3 Å². The Labute approximate surface area is 76.8 Å². The number of nitrogens with two attached hydrogens (primary N) is 1. The van der Waals surface area contributed by atoms with E-state index in [1.807, 2.05) is 0 Å². The van der Waals surface area contributed by atoms with Crippen molar-refractivity contribution in [2.75, 3.05) is 0 Å². The molecule has 0 radical (unpaired) electrons. The molecule has 0 aromatic carbocycles. The first-order chi connectivity index (χ1) is 5.92. The van der Waals surface area contributed by atoms with Crippen molar-refractivity contribution in [3.63, 3.8) is 0 Å². The number of hydrazine groups is 1. The fraction of sp³-hybridized carbons (Fsp3) is 0.556. The Bertz CT molecular complexity index is 229. The van der Waals surface area contributed by atoms with Gasteiger partial charge in [0.2, 0.25) is 0 Å². The molecule has 0 spiro atoms. The van der Waals surface area contributed by atoms with Crippen molar-refractivity contribution >= 4 is 11.3 Å². The second kappa shape index (κ2) is 3.56. The van der Waals surface area contributed by atoms with Gasteiger partial charge in [0.25, 0.3) is 0 Å². The first-order valence-electron chi connectivity index (χ1n) is 4.40. The van der Waals surface area contributed by atoms with Gasteiger partial charge in [-0.15, -0.1) is 0 Å². The van der Waals surface area contributed by atoms with Crippen molar-refractivity contribution in [1.29, 1.82) is 0 Å². The Morgan fingerprint density at radius 2 is 2.42 bits per heavy atom. The first-order valence-corrected chi connectivity index (χ1v) is 5.34. The number of rotatable bonds is 3. The molecule has 3 heteroatoms. The molecule has 1 aliphatic rings. The zero-order chi connectivity index (χ0) is 8.39. The molecular formula is C9H14N2S. The van der Waals surface area contributed by atoms with E-state index < -0.39 is 0 Å². The third kappa shape index (κ3) is 1.40. The SMILES string of the molecule is NNC(c1ccsc1)C1CCC1. The maximum Gasteiger partial charge on any atom is 0.0496 e. The predicted molar refractivity (Wildman–Crippen MR) is 51.7 cm³/mol. The van der Waals surface area contributed by atoms with Crippen LogP contribution in [0.5, 0.6) is 0 Å². The van der Waals surface area contributed by atoms with Gasteiger partial charge in [-0.2, -0.15) is 11.3 Å². The van der Waals surface area contributed by atoms with Crippen LogP contribution in [0.2, 0.25) is 0 Å². The molecule has 0 aliphatic heterocycles.